The van der Waals surface area contributed by atoms with Crippen molar-refractivity contribution in [3.8, 4) is 0 Å². The van der Waals surface area contributed by atoms with Crippen LogP contribution in [-0.4, -0.2) is 48.7 Å². The van der Waals surface area contributed by atoms with Crippen LogP contribution in [0.3, 0.4) is 0 Å². The van der Waals surface area contributed by atoms with Gasteiger partial charge in [0.2, 0.25) is 0 Å². The van der Waals surface area contributed by atoms with Gasteiger partial charge in [-0.25, -0.2) is 4.79 Å². The second-order valence-electron chi connectivity index (χ2n) is 9.77. The van der Waals surface area contributed by atoms with Gasteiger partial charge in [-0.15, -0.1) is 0 Å². The number of aromatic carboxylic acids is 1. The Bertz CT molecular complexity index is 784. The first-order chi connectivity index (χ1) is 14.3. The van der Waals surface area contributed by atoms with E-state index in [1.54, 1.807) is 23.3 Å². The molecule has 0 unspecified atom stereocenters. The fourth-order valence-corrected chi connectivity index (χ4v) is 4.67. The Morgan fingerprint density at radius 1 is 1.10 bits per heavy atom. The second kappa shape index (κ2) is 9.82. The van der Waals surface area contributed by atoms with Crippen molar-refractivity contribution in [2.75, 3.05) is 37.6 Å². The summed E-state index contributed by atoms with van der Waals surface area (Å²) in [5, 5.41) is 9.08. The number of allylic oxidation sites excluding steroid dienone is 2. The minimum atomic E-state index is -0.867. The number of carboxylic acids is 1. The van der Waals surface area contributed by atoms with Crippen LogP contribution in [-0.2, 0) is 0 Å². The molecule has 0 atom stereocenters. The van der Waals surface area contributed by atoms with Gasteiger partial charge in [0.1, 0.15) is 0 Å². The average molecular weight is 411 g/mol. The summed E-state index contributed by atoms with van der Waals surface area (Å²) in [6.45, 7) is 16.4. The lowest BCUT2D eigenvalue weighted by atomic mass is 9.73. The van der Waals surface area contributed by atoms with Gasteiger partial charge >= 0.3 is 5.97 Å². The first-order valence-corrected chi connectivity index (χ1v) is 11.4. The number of hydrogen-bond donors (Lipinski definition) is 1. The highest BCUT2D eigenvalue weighted by molar-refractivity contribution is 5.88. The number of anilines is 1. The molecule has 3 rings (SSSR count). The first-order valence-electron chi connectivity index (χ1n) is 11.4. The van der Waals surface area contributed by atoms with Crippen LogP contribution >= 0.6 is 0 Å². The van der Waals surface area contributed by atoms with Gasteiger partial charge in [-0.1, -0.05) is 44.1 Å². The van der Waals surface area contributed by atoms with E-state index < -0.39 is 5.97 Å². The van der Waals surface area contributed by atoms with Gasteiger partial charge in [-0.2, -0.15) is 0 Å². The Morgan fingerprint density at radius 3 is 2.37 bits per heavy atom. The Balaban J connectivity index is 1.59. The van der Waals surface area contributed by atoms with Crippen molar-refractivity contribution >= 4 is 11.7 Å². The van der Waals surface area contributed by atoms with Crippen molar-refractivity contribution in [1.29, 1.82) is 0 Å². The maximum Gasteiger partial charge on any atom is 0.335 e. The summed E-state index contributed by atoms with van der Waals surface area (Å²) < 4.78 is 0. The minimum Gasteiger partial charge on any atom is -0.478 e. The predicted octanol–water partition coefficient (Wildman–Crippen LogP) is 5.76. The summed E-state index contributed by atoms with van der Waals surface area (Å²) >= 11 is 0. The van der Waals surface area contributed by atoms with Gasteiger partial charge in [0.15, 0.2) is 0 Å². The molecule has 0 amide bonds. The van der Waals surface area contributed by atoms with E-state index in [0.29, 0.717) is 11.0 Å². The average Bonchev–Trinajstić information content (AvgIpc) is 2.74. The molecule has 1 heterocycles. The van der Waals surface area contributed by atoms with Crippen LogP contribution in [0.15, 0.2) is 47.6 Å². The third-order valence-corrected chi connectivity index (χ3v) is 6.84. The second-order valence-corrected chi connectivity index (χ2v) is 9.77. The normalized spacial score (nSPS) is 19.8. The Labute approximate surface area is 182 Å². The van der Waals surface area contributed by atoms with Crippen molar-refractivity contribution in [1.82, 2.24) is 4.90 Å². The number of carboxylic acid groups (broad SMARTS) is 1. The van der Waals surface area contributed by atoms with Gasteiger partial charge in [0.25, 0.3) is 0 Å². The molecule has 164 valence electrons. The number of rotatable bonds is 8. The van der Waals surface area contributed by atoms with E-state index in [1.807, 2.05) is 12.1 Å². The van der Waals surface area contributed by atoms with E-state index in [2.05, 4.69) is 37.1 Å². The molecule has 1 aromatic carbocycles. The van der Waals surface area contributed by atoms with Gasteiger partial charge in [0, 0.05) is 38.4 Å². The quantitative estimate of drug-likeness (QED) is 0.553. The van der Waals surface area contributed by atoms with E-state index in [4.69, 9.17) is 5.11 Å². The minimum absolute atomic E-state index is 0.350. The molecule has 1 fully saturated rings. The number of hydrogen-bond acceptors (Lipinski definition) is 3. The summed E-state index contributed by atoms with van der Waals surface area (Å²) in [5.74, 6) is -0.867. The number of nitrogens with zero attached hydrogens (tertiary/aromatic N) is 2. The first kappa shape index (κ1) is 22.6. The Hall–Kier alpha value is -2.07. The topological polar surface area (TPSA) is 43.8 Å². The maximum atomic E-state index is 11.1. The third kappa shape index (κ3) is 5.98. The lowest BCUT2D eigenvalue weighted by Crippen LogP contribution is -2.47. The van der Waals surface area contributed by atoms with E-state index >= 15 is 0 Å². The smallest absolute Gasteiger partial charge is 0.335 e. The Kier molecular flexibility index (Phi) is 7.41. The fourth-order valence-electron chi connectivity index (χ4n) is 4.67. The molecule has 4 nitrogen and oxygen atoms in total. The van der Waals surface area contributed by atoms with Crippen molar-refractivity contribution in [2.45, 2.75) is 59.3 Å². The highest BCUT2D eigenvalue weighted by Gasteiger charge is 2.28. The molecular formula is C26H38N2O2. The summed E-state index contributed by atoms with van der Waals surface area (Å²) in [5.41, 5.74) is 6.63. The van der Waals surface area contributed by atoms with E-state index in [-0.39, 0.29) is 0 Å². The maximum absolute atomic E-state index is 11.1. The van der Waals surface area contributed by atoms with Crippen LogP contribution in [0, 0.1) is 5.41 Å². The van der Waals surface area contributed by atoms with Crippen molar-refractivity contribution in [3.05, 3.63) is 53.1 Å². The monoisotopic (exact) mass is 410 g/mol. The van der Waals surface area contributed by atoms with E-state index in [0.717, 1.165) is 51.3 Å². The molecule has 1 aromatic rings. The van der Waals surface area contributed by atoms with E-state index in [9.17, 15) is 4.79 Å². The molecule has 2 aliphatic rings. The number of piperazine rings is 1. The highest BCUT2D eigenvalue weighted by Crippen LogP contribution is 2.41. The SMILES string of the molecule is C=C(CC)CCC1=C(CN2CCN(c3ccc(C(=O)O)cc3)CC2)CCC(C)(C)C1. The molecule has 30 heavy (non-hydrogen) atoms. The van der Waals surface area contributed by atoms with Crippen molar-refractivity contribution < 1.29 is 9.90 Å². The van der Waals surface area contributed by atoms with Crippen molar-refractivity contribution in [3.63, 3.8) is 0 Å². The zero-order chi connectivity index (χ0) is 21.7. The third-order valence-electron chi connectivity index (χ3n) is 6.84. The molecular weight excluding hydrogens is 372 g/mol. The lowest BCUT2D eigenvalue weighted by molar-refractivity contribution is 0.0697. The van der Waals surface area contributed by atoms with Crippen LogP contribution in [0.25, 0.3) is 0 Å². The molecule has 0 aromatic heterocycles. The van der Waals surface area contributed by atoms with E-state index in [1.165, 1.54) is 31.3 Å². The highest BCUT2D eigenvalue weighted by atomic mass is 16.4. The van der Waals surface area contributed by atoms with Crippen LogP contribution in [0.1, 0.15) is 69.7 Å². The van der Waals surface area contributed by atoms with Gasteiger partial charge < -0.3 is 10.0 Å². The summed E-state index contributed by atoms with van der Waals surface area (Å²) in [4.78, 5) is 16.0. The van der Waals surface area contributed by atoms with Crippen LogP contribution in [0.5, 0.6) is 0 Å². The molecule has 0 bridgehead atoms. The molecule has 0 spiro atoms. The molecule has 1 aliphatic carbocycles. The molecule has 1 N–H and O–H groups in total. The van der Waals surface area contributed by atoms with Gasteiger partial charge in [-0.3, -0.25) is 4.90 Å². The molecule has 1 aliphatic heterocycles. The van der Waals surface area contributed by atoms with Crippen LogP contribution in [0.4, 0.5) is 5.69 Å². The van der Waals surface area contributed by atoms with Gasteiger partial charge in [-0.05, 0) is 68.2 Å². The fraction of sp³-hybridized carbons (Fsp3) is 0.577. The molecule has 0 saturated carbocycles. The molecule has 0 radical (unpaired) electrons. The molecule has 4 heteroatoms. The predicted molar refractivity (Wildman–Crippen MR) is 125 cm³/mol. The summed E-state index contributed by atoms with van der Waals surface area (Å²) in [6, 6.07) is 7.28. The number of benzene rings is 1. The Morgan fingerprint density at radius 2 is 1.77 bits per heavy atom. The largest absolute Gasteiger partial charge is 0.478 e. The van der Waals surface area contributed by atoms with Gasteiger partial charge in [0.05, 0.1) is 5.56 Å². The lowest BCUT2D eigenvalue weighted by Gasteiger charge is -2.39. The summed E-state index contributed by atoms with van der Waals surface area (Å²) in [6.07, 6.45) is 7.15. The summed E-state index contributed by atoms with van der Waals surface area (Å²) in [7, 11) is 0. The molecule has 1 saturated heterocycles. The van der Waals surface area contributed by atoms with Crippen molar-refractivity contribution in [2.24, 2.45) is 5.41 Å². The van der Waals surface area contributed by atoms with Crippen LogP contribution < -0.4 is 4.90 Å². The van der Waals surface area contributed by atoms with Crippen LogP contribution in [0.2, 0.25) is 0 Å². The standard InChI is InChI=1S/C26H38N2O2/c1-5-20(2)6-7-22-18-26(3,4)13-12-23(22)19-27-14-16-28(17-15-27)24-10-8-21(9-11-24)25(29)30/h8-11H,2,5-7,12-19H2,1,3-4H3,(H,29,30). The number of carbonyl (C=O) groups is 1. The zero-order valence-electron chi connectivity index (χ0n) is 19.0. The zero-order valence-corrected chi connectivity index (χ0v) is 19.0.